The van der Waals surface area contributed by atoms with Gasteiger partial charge >= 0.3 is 0 Å². The summed E-state index contributed by atoms with van der Waals surface area (Å²) < 4.78 is 51.9. The van der Waals surface area contributed by atoms with Crippen LogP contribution in [0.2, 0.25) is 0 Å². The minimum atomic E-state index is -1.90. The summed E-state index contributed by atoms with van der Waals surface area (Å²) in [7, 11) is 0. The third-order valence-electron chi connectivity index (χ3n) is 4.04. The van der Waals surface area contributed by atoms with E-state index in [0.717, 1.165) is 5.56 Å². The Morgan fingerprint density at radius 1 is 0.692 bits per heavy atom. The monoisotopic (exact) mass is 348 g/mol. The Balaban J connectivity index is 2.01. The number of hydrogen-bond acceptors (Lipinski definition) is 0. The third-order valence-corrected chi connectivity index (χ3v) is 4.04. The molecule has 0 N–H and O–H groups in total. The van der Waals surface area contributed by atoms with Gasteiger partial charge in [0.2, 0.25) is 0 Å². The van der Waals surface area contributed by atoms with Gasteiger partial charge in [0.15, 0.2) is 0 Å². The molecule has 0 aliphatic carbocycles. The molecule has 0 radical (unpaired) electrons. The van der Waals surface area contributed by atoms with E-state index >= 15 is 0 Å². The lowest BCUT2D eigenvalue weighted by Gasteiger charge is -2.09. The molecule has 0 aliphatic rings. The lowest BCUT2D eigenvalue weighted by Crippen LogP contribution is -1.95. The molecule has 0 spiro atoms. The molecule has 0 fully saturated rings. The van der Waals surface area contributed by atoms with E-state index in [9.17, 15) is 0 Å². The second-order valence-electron chi connectivity index (χ2n) is 7.06. The molecular weight excluding hydrogens is 312 g/mol. The van der Waals surface area contributed by atoms with Crippen LogP contribution >= 0.6 is 0 Å². The molecule has 3 aromatic carbocycles. The van der Waals surface area contributed by atoms with Gasteiger partial charge in [-0.05, 0) is 66.2 Å². The average Bonchev–Trinajstić information content (AvgIpc) is 2.73. The van der Waals surface area contributed by atoms with E-state index in [1.54, 1.807) is 54.6 Å². The summed E-state index contributed by atoms with van der Waals surface area (Å²) in [5, 5.41) is 0. The van der Waals surface area contributed by atoms with Gasteiger partial charge < -0.3 is 0 Å². The molecule has 0 bridgehead atoms. The maximum atomic E-state index is 8.81. The Labute approximate surface area is 167 Å². The van der Waals surface area contributed by atoms with E-state index < -0.39 is 19.1 Å². The molecule has 0 heterocycles. The first-order valence-corrected chi connectivity index (χ1v) is 9.13. The molecule has 134 valence electrons. The lowest BCUT2D eigenvalue weighted by atomic mass is 9.96. The minimum absolute atomic E-state index is 0.172. The van der Waals surface area contributed by atoms with Gasteiger partial charge in [-0.2, -0.15) is 0 Å². The maximum Gasteiger partial charge on any atom is 0.0366 e. The SMILES string of the molecule is [2H]C([2H])(CC(C)C)c1cccc(C([2H])([2H])c2cccc(C([2H])([2H])c3cccc(C)c3)c2)c1. The van der Waals surface area contributed by atoms with E-state index in [-0.39, 0.29) is 5.92 Å². The summed E-state index contributed by atoms with van der Waals surface area (Å²) in [5.74, 6) is 0.172. The van der Waals surface area contributed by atoms with Crippen LogP contribution < -0.4 is 0 Å². The Morgan fingerprint density at radius 3 is 1.69 bits per heavy atom. The number of rotatable bonds is 7. The zero-order valence-electron chi connectivity index (χ0n) is 21.7. The van der Waals surface area contributed by atoms with E-state index in [2.05, 4.69) is 0 Å². The number of benzene rings is 3. The van der Waals surface area contributed by atoms with Crippen LogP contribution in [-0.2, 0) is 19.1 Å². The van der Waals surface area contributed by atoms with Crippen LogP contribution in [0.1, 0.15) is 61.9 Å². The predicted octanol–water partition coefficient (Wildman–Crippen LogP) is 6.77. The molecule has 0 saturated carbocycles. The van der Waals surface area contributed by atoms with Crippen LogP contribution in [0.3, 0.4) is 0 Å². The fourth-order valence-corrected chi connectivity index (χ4v) is 2.76. The first-order valence-electron chi connectivity index (χ1n) is 12.1. The van der Waals surface area contributed by atoms with Crippen LogP contribution in [0.15, 0.2) is 72.8 Å². The van der Waals surface area contributed by atoms with E-state index in [1.807, 2.05) is 39.0 Å². The topological polar surface area (TPSA) is 0 Å². The van der Waals surface area contributed by atoms with E-state index in [0.29, 0.717) is 34.2 Å². The standard InChI is InChI=1S/C26H30/c1-20(2)13-14-22-8-5-10-24(16-22)18-26-12-6-11-25(19-26)17-23-9-4-7-21(3)15-23/h4-12,15-16,19-20H,13-14,17-18H2,1-3H3/i14D2,17D2,18D2. The molecule has 0 nitrogen and oxygen atoms in total. The van der Waals surface area contributed by atoms with Gasteiger partial charge in [-0.3, -0.25) is 0 Å². The Hall–Kier alpha value is -2.34. The van der Waals surface area contributed by atoms with Crippen molar-refractivity contribution in [1.82, 2.24) is 0 Å². The van der Waals surface area contributed by atoms with Crippen LogP contribution in [0.5, 0.6) is 0 Å². The fraction of sp³-hybridized carbons (Fsp3) is 0.308. The van der Waals surface area contributed by atoms with Crippen LogP contribution in [0, 0.1) is 12.8 Å². The summed E-state index contributed by atoms with van der Waals surface area (Å²) in [4.78, 5) is 0. The molecule has 3 aromatic rings. The molecule has 0 amide bonds. The second-order valence-corrected chi connectivity index (χ2v) is 7.06. The van der Waals surface area contributed by atoms with Gasteiger partial charge in [0, 0.05) is 8.22 Å². The van der Waals surface area contributed by atoms with Gasteiger partial charge in [-0.25, -0.2) is 0 Å². The first kappa shape index (κ1) is 12.1. The van der Waals surface area contributed by atoms with Gasteiger partial charge in [0.05, 0.1) is 0 Å². The molecule has 0 unspecified atom stereocenters. The lowest BCUT2D eigenvalue weighted by molar-refractivity contribution is 0.586. The van der Waals surface area contributed by atoms with Crippen molar-refractivity contribution in [2.75, 3.05) is 0 Å². The fourth-order valence-electron chi connectivity index (χ4n) is 2.76. The molecule has 26 heavy (non-hydrogen) atoms. The van der Waals surface area contributed by atoms with Crippen LogP contribution in [0.4, 0.5) is 0 Å². The number of hydrogen-bond donors (Lipinski definition) is 0. The summed E-state index contributed by atoms with van der Waals surface area (Å²) in [6.07, 6.45) is -4.87. The van der Waals surface area contributed by atoms with Crippen molar-refractivity contribution in [1.29, 1.82) is 0 Å². The molecule has 3 rings (SSSR count). The second kappa shape index (κ2) is 8.85. The van der Waals surface area contributed by atoms with E-state index in [4.69, 9.17) is 8.22 Å². The summed E-state index contributed by atoms with van der Waals surface area (Å²) >= 11 is 0. The average molecular weight is 349 g/mol. The quantitative estimate of drug-likeness (QED) is 0.442. The zero-order chi connectivity index (χ0) is 23.7. The predicted molar refractivity (Wildman–Crippen MR) is 113 cm³/mol. The highest BCUT2D eigenvalue weighted by atomic mass is 14.1. The third kappa shape index (κ3) is 5.59. The first-order chi connectivity index (χ1) is 14.8. The van der Waals surface area contributed by atoms with Crippen LogP contribution in [0.25, 0.3) is 0 Å². The zero-order valence-corrected chi connectivity index (χ0v) is 15.7. The van der Waals surface area contributed by atoms with E-state index in [1.165, 1.54) is 0 Å². The maximum absolute atomic E-state index is 8.81. The Morgan fingerprint density at radius 2 is 1.15 bits per heavy atom. The number of aryl methyl sites for hydroxylation is 2. The van der Waals surface area contributed by atoms with Gasteiger partial charge in [-0.15, -0.1) is 0 Å². The van der Waals surface area contributed by atoms with Gasteiger partial charge in [-0.1, -0.05) is 92.2 Å². The Kier molecular flexibility index (Phi) is 4.13. The van der Waals surface area contributed by atoms with Crippen molar-refractivity contribution in [3.8, 4) is 0 Å². The molecule has 0 atom stereocenters. The van der Waals surface area contributed by atoms with Gasteiger partial charge in [0.25, 0.3) is 0 Å². The normalized spacial score (nSPS) is 16.2. The minimum Gasteiger partial charge on any atom is -0.0628 e. The molecule has 0 aromatic heterocycles. The highest BCUT2D eigenvalue weighted by Crippen LogP contribution is 2.17. The van der Waals surface area contributed by atoms with Crippen molar-refractivity contribution in [2.45, 2.75) is 46.3 Å². The summed E-state index contributed by atoms with van der Waals surface area (Å²) in [5.41, 5.74) is 3.03. The smallest absolute Gasteiger partial charge is 0.0366 e. The van der Waals surface area contributed by atoms with Crippen molar-refractivity contribution in [3.63, 3.8) is 0 Å². The molecule has 0 heteroatoms. The summed E-state index contributed by atoms with van der Waals surface area (Å²) in [6, 6.07) is 20.5. The van der Waals surface area contributed by atoms with Crippen molar-refractivity contribution >= 4 is 0 Å². The van der Waals surface area contributed by atoms with Crippen molar-refractivity contribution in [2.24, 2.45) is 5.92 Å². The molecular formula is C26H30. The van der Waals surface area contributed by atoms with Crippen LogP contribution in [-0.4, -0.2) is 0 Å². The largest absolute Gasteiger partial charge is 0.0628 e. The highest BCUT2D eigenvalue weighted by molar-refractivity contribution is 5.34. The van der Waals surface area contributed by atoms with Gasteiger partial charge in [0.1, 0.15) is 0 Å². The Bertz CT molecular complexity index is 1080. The molecule has 0 saturated heterocycles. The van der Waals surface area contributed by atoms with Crippen molar-refractivity contribution < 1.29 is 8.22 Å². The highest BCUT2D eigenvalue weighted by Gasteiger charge is 2.03. The summed E-state index contributed by atoms with van der Waals surface area (Å²) in [6.45, 7) is 5.85. The molecule has 0 aliphatic heterocycles. The van der Waals surface area contributed by atoms with Crippen molar-refractivity contribution in [3.05, 3.63) is 106 Å².